The van der Waals surface area contributed by atoms with Crippen LogP contribution in [0, 0.1) is 24.5 Å². The summed E-state index contributed by atoms with van der Waals surface area (Å²) in [4.78, 5) is 26.4. The van der Waals surface area contributed by atoms with Gasteiger partial charge in [0.25, 0.3) is 11.8 Å². The van der Waals surface area contributed by atoms with Crippen LogP contribution in [0.5, 0.6) is 0 Å². The van der Waals surface area contributed by atoms with Crippen molar-refractivity contribution in [2.24, 2.45) is 5.92 Å². The summed E-state index contributed by atoms with van der Waals surface area (Å²) in [5.41, 5.74) is 2.24. The number of aromatic nitrogens is 2. The smallest absolute Gasteiger partial charge is 0.254 e. The molecule has 0 unspecified atom stereocenters. The van der Waals surface area contributed by atoms with Gasteiger partial charge in [-0.3, -0.25) is 14.3 Å². The molecule has 0 atom stereocenters. The molecule has 0 aliphatic carbocycles. The predicted molar refractivity (Wildman–Crippen MR) is 114 cm³/mol. The summed E-state index contributed by atoms with van der Waals surface area (Å²) in [5, 5.41) is 8.30. The Morgan fingerprint density at radius 2 is 1.91 bits per heavy atom. The topological polar surface area (TPSA) is 76.5 Å². The molecule has 2 amide bonds. The molecule has 4 rings (SSSR count). The number of methoxy groups -OCH3 is 1. The van der Waals surface area contributed by atoms with E-state index in [9.17, 15) is 18.4 Å². The zero-order valence-corrected chi connectivity index (χ0v) is 17.9. The van der Waals surface area contributed by atoms with E-state index in [1.165, 1.54) is 0 Å². The maximum atomic E-state index is 13.4. The number of benzene rings is 2. The van der Waals surface area contributed by atoms with Crippen LogP contribution in [0.15, 0.2) is 36.5 Å². The van der Waals surface area contributed by atoms with Crippen molar-refractivity contribution in [3.8, 4) is 0 Å². The fourth-order valence-corrected chi connectivity index (χ4v) is 3.96. The SMILES string of the molecule is COCCNC(=O)c1ccc2nn(CC3CN(C(=O)c4cc(F)cc(F)c4)C3)cc2c1C. The van der Waals surface area contributed by atoms with Crippen molar-refractivity contribution in [3.05, 3.63) is 64.9 Å². The highest BCUT2D eigenvalue weighted by Crippen LogP contribution is 2.24. The van der Waals surface area contributed by atoms with Gasteiger partial charge < -0.3 is 15.0 Å². The lowest BCUT2D eigenvalue weighted by Crippen LogP contribution is -2.51. The lowest BCUT2D eigenvalue weighted by atomic mass is 9.98. The summed E-state index contributed by atoms with van der Waals surface area (Å²) in [6, 6.07) is 6.42. The summed E-state index contributed by atoms with van der Waals surface area (Å²) in [5.74, 6) is -1.89. The molecule has 3 aromatic rings. The molecule has 1 aromatic heterocycles. The molecule has 1 N–H and O–H groups in total. The molecular formula is C23H24F2N4O3. The molecule has 1 aliphatic heterocycles. The van der Waals surface area contributed by atoms with E-state index in [0.717, 1.165) is 34.7 Å². The molecule has 0 bridgehead atoms. The Morgan fingerprint density at radius 3 is 2.59 bits per heavy atom. The molecule has 1 fully saturated rings. The molecule has 2 heterocycles. The molecule has 0 saturated carbocycles. The van der Waals surface area contributed by atoms with Crippen LogP contribution in [0.3, 0.4) is 0 Å². The maximum Gasteiger partial charge on any atom is 0.254 e. The number of ether oxygens (including phenoxy) is 1. The van der Waals surface area contributed by atoms with Gasteiger partial charge in [0, 0.05) is 68.0 Å². The Hall–Kier alpha value is -3.33. The zero-order chi connectivity index (χ0) is 22.8. The van der Waals surface area contributed by atoms with Crippen LogP contribution >= 0.6 is 0 Å². The second-order valence-electron chi connectivity index (χ2n) is 8.01. The van der Waals surface area contributed by atoms with Crippen LogP contribution in [-0.4, -0.2) is 59.8 Å². The zero-order valence-electron chi connectivity index (χ0n) is 17.9. The summed E-state index contributed by atoms with van der Waals surface area (Å²) >= 11 is 0. The molecule has 0 radical (unpaired) electrons. The van der Waals surface area contributed by atoms with Gasteiger partial charge in [-0.1, -0.05) is 0 Å². The van der Waals surface area contributed by atoms with Crippen LogP contribution in [0.4, 0.5) is 8.78 Å². The Balaban J connectivity index is 1.39. The molecule has 2 aromatic carbocycles. The second-order valence-corrected chi connectivity index (χ2v) is 8.01. The Bertz CT molecular complexity index is 1150. The quantitative estimate of drug-likeness (QED) is 0.571. The lowest BCUT2D eigenvalue weighted by molar-refractivity contribution is 0.0461. The molecule has 1 aliphatic rings. The predicted octanol–water partition coefficient (Wildman–Crippen LogP) is 2.77. The van der Waals surface area contributed by atoms with E-state index < -0.39 is 11.6 Å². The molecule has 32 heavy (non-hydrogen) atoms. The molecule has 168 valence electrons. The van der Waals surface area contributed by atoms with Gasteiger partial charge in [-0.05, 0) is 36.8 Å². The van der Waals surface area contributed by atoms with Crippen LogP contribution in [-0.2, 0) is 11.3 Å². The van der Waals surface area contributed by atoms with Crippen molar-refractivity contribution < 1.29 is 23.1 Å². The Labute approximate surface area is 183 Å². The normalized spacial score (nSPS) is 13.9. The minimum atomic E-state index is -0.768. The first-order chi connectivity index (χ1) is 15.4. The van der Waals surface area contributed by atoms with E-state index in [0.29, 0.717) is 38.3 Å². The Morgan fingerprint density at radius 1 is 1.19 bits per heavy atom. The largest absolute Gasteiger partial charge is 0.383 e. The van der Waals surface area contributed by atoms with E-state index in [1.807, 2.05) is 23.9 Å². The van der Waals surface area contributed by atoms with E-state index in [4.69, 9.17) is 4.74 Å². The highest BCUT2D eigenvalue weighted by molar-refractivity contribution is 6.00. The van der Waals surface area contributed by atoms with E-state index in [-0.39, 0.29) is 23.3 Å². The number of hydrogen-bond acceptors (Lipinski definition) is 4. The highest BCUT2D eigenvalue weighted by atomic mass is 19.1. The third kappa shape index (κ3) is 4.47. The van der Waals surface area contributed by atoms with Gasteiger partial charge in [0.1, 0.15) is 11.6 Å². The number of fused-ring (bicyclic) bond motifs is 1. The van der Waals surface area contributed by atoms with Gasteiger partial charge in [-0.15, -0.1) is 0 Å². The first-order valence-corrected chi connectivity index (χ1v) is 10.3. The minimum Gasteiger partial charge on any atom is -0.383 e. The fourth-order valence-electron chi connectivity index (χ4n) is 3.96. The van der Waals surface area contributed by atoms with Crippen molar-refractivity contribution in [1.82, 2.24) is 20.0 Å². The first kappa shape index (κ1) is 21.9. The number of amides is 2. The number of carbonyl (C=O) groups is 2. The first-order valence-electron chi connectivity index (χ1n) is 10.3. The third-order valence-electron chi connectivity index (χ3n) is 5.64. The van der Waals surface area contributed by atoms with E-state index in [2.05, 4.69) is 10.4 Å². The standard InChI is InChI=1S/C23H24F2N4O3/c1-14-19(22(30)26-5-6-32-2)3-4-21-20(14)13-29(27-21)12-15-10-28(11-15)23(31)16-7-17(24)9-18(25)8-16/h3-4,7-9,13,15H,5-6,10-12H2,1-2H3,(H,26,30). The number of halogens is 2. The van der Waals surface area contributed by atoms with Crippen LogP contribution < -0.4 is 5.32 Å². The van der Waals surface area contributed by atoms with Gasteiger partial charge in [-0.25, -0.2) is 8.78 Å². The number of carbonyl (C=O) groups excluding carboxylic acids is 2. The number of nitrogens with zero attached hydrogens (tertiary/aromatic N) is 3. The van der Waals surface area contributed by atoms with Crippen LogP contribution in [0.2, 0.25) is 0 Å². The molecule has 0 spiro atoms. The minimum absolute atomic E-state index is 0.0118. The monoisotopic (exact) mass is 442 g/mol. The van der Waals surface area contributed by atoms with E-state index in [1.54, 1.807) is 18.1 Å². The summed E-state index contributed by atoms with van der Waals surface area (Å²) in [6.07, 6.45) is 1.91. The summed E-state index contributed by atoms with van der Waals surface area (Å²) in [7, 11) is 1.58. The number of likely N-dealkylation sites (tertiary alicyclic amines) is 1. The fraction of sp³-hybridized carbons (Fsp3) is 0.348. The van der Waals surface area contributed by atoms with Crippen molar-refractivity contribution in [1.29, 1.82) is 0 Å². The number of hydrogen-bond donors (Lipinski definition) is 1. The van der Waals surface area contributed by atoms with Crippen molar-refractivity contribution in [3.63, 3.8) is 0 Å². The van der Waals surface area contributed by atoms with Gasteiger partial charge in [-0.2, -0.15) is 5.10 Å². The van der Waals surface area contributed by atoms with Gasteiger partial charge in [0.15, 0.2) is 0 Å². The molecule has 7 nitrogen and oxygen atoms in total. The number of aryl methyl sites for hydroxylation is 1. The summed E-state index contributed by atoms with van der Waals surface area (Å²) in [6.45, 7) is 4.34. The van der Waals surface area contributed by atoms with Crippen molar-refractivity contribution in [2.45, 2.75) is 13.5 Å². The van der Waals surface area contributed by atoms with Crippen LogP contribution in [0.1, 0.15) is 26.3 Å². The second kappa shape index (κ2) is 9.04. The molecule has 9 heteroatoms. The number of rotatable bonds is 7. The average Bonchev–Trinajstić information content (AvgIpc) is 3.13. The van der Waals surface area contributed by atoms with Crippen molar-refractivity contribution >= 4 is 22.7 Å². The van der Waals surface area contributed by atoms with Gasteiger partial charge in [0.05, 0.1) is 12.1 Å². The molecular weight excluding hydrogens is 418 g/mol. The number of nitrogens with one attached hydrogen (secondary N) is 1. The summed E-state index contributed by atoms with van der Waals surface area (Å²) < 4.78 is 33.5. The Kier molecular flexibility index (Phi) is 6.18. The lowest BCUT2D eigenvalue weighted by Gasteiger charge is -2.39. The van der Waals surface area contributed by atoms with Crippen LogP contribution in [0.25, 0.3) is 10.9 Å². The average molecular weight is 442 g/mol. The van der Waals surface area contributed by atoms with Gasteiger partial charge in [0.2, 0.25) is 0 Å². The molecule has 1 saturated heterocycles. The highest BCUT2D eigenvalue weighted by Gasteiger charge is 2.32. The van der Waals surface area contributed by atoms with Gasteiger partial charge >= 0.3 is 0 Å². The third-order valence-corrected chi connectivity index (χ3v) is 5.64. The maximum absolute atomic E-state index is 13.4. The van der Waals surface area contributed by atoms with E-state index >= 15 is 0 Å². The van der Waals surface area contributed by atoms with Crippen molar-refractivity contribution in [2.75, 3.05) is 33.4 Å².